The summed E-state index contributed by atoms with van der Waals surface area (Å²) in [5.74, 6) is -4.75. The van der Waals surface area contributed by atoms with Gasteiger partial charge in [0.05, 0.1) is 12.6 Å². The molecule has 1 aliphatic heterocycles. The fourth-order valence-electron chi connectivity index (χ4n) is 4.60. The Hall–Kier alpha value is -3.95. The summed E-state index contributed by atoms with van der Waals surface area (Å²) >= 11 is 0. The molecular formula is C27H49N9O7. The van der Waals surface area contributed by atoms with Crippen LogP contribution in [0.15, 0.2) is 0 Å². The maximum Gasteiger partial charge on any atom is 0.326 e. The lowest BCUT2D eigenvalue weighted by atomic mass is 9.99. The molecule has 244 valence electrons. The van der Waals surface area contributed by atoms with Crippen LogP contribution in [0.3, 0.4) is 0 Å². The Labute approximate surface area is 252 Å². The van der Waals surface area contributed by atoms with Gasteiger partial charge < -0.3 is 48.1 Å². The van der Waals surface area contributed by atoms with Gasteiger partial charge in [-0.3, -0.25) is 29.4 Å². The number of rotatable bonds is 17. The van der Waals surface area contributed by atoms with Crippen LogP contribution in [0.25, 0.3) is 0 Å². The summed E-state index contributed by atoms with van der Waals surface area (Å²) in [4.78, 5) is 77.4. The molecule has 1 saturated heterocycles. The van der Waals surface area contributed by atoms with Gasteiger partial charge in [-0.2, -0.15) is 0 Å². The summed E-state index contributed by atoms with van der Waals surface area (Å²) in [5.41, 5.74) is 10.8. The van der Waals surface area contributed by atoms with Crippen LogP contribution >= 0.6 is 0 Å². The molecule has 0 unspecified atom stereocenters. The van der Waals surface area contributed by atoms with Crippen LogP contribution in [0.2, 0.25) is 0 Å². The maximum atomic E-state index is 13.5. The van der Waals surface area contributed by atoms with E-state index in [9.17, 15) is 33.9 Å². The molecule has 0 aromatic rings. The van der Waals surface area contributed by atoms with Crippen LogP contribution in [0, 0.1) is 17.2 Å². The van der Waals surface area contributed by atoms with E-state index in [1.807, 2.05) is 13.8 Å². The van der Waals surface area contributed by atoms with Crippen molar-refractivity contribution in [1.29, 1.82) is 5.41 Å². The first kappa shape index (κ1) is 37.1. The highest BCUT2D eigenvalue weighted by molar-refractivity contribution is 5.95. The third-order valence-electron chi connectivity index (χ3n) is 6.86. The van der Waals surface area contributed by atoms with Crippen LogP contribution in [0.1, 0.15) is 66.7 Å². The number of carbonyl (C=O) groups excluding carboxylic acids is 5. The van der Waals surface area contributed by atoms with Gasteiger partial charge in [-0.15, -0.1) is 0 Å². The second kappa shape index (κ2) is 17.9. The van der Waals surface area contributed by atoms with Gasteiger partial charge in [-0.1, -0.05) is 27.7 Å². The molecule has 1 fully saturated rings. The molecule has 11 N–H and O–H groups in total. The molecule has 1 aliphatic rings. The number of likely N-dealkylation sites (tertiary alicyclic amines) is 1. The Balaban J connectivity index is 3.06. The van der Waals surface area contributed by atoms with Crippen molar-refractivity contribution in [2.24, 2.45) is 23.3 Å². The van der Waals surface area contributed by atoms with Crippen molar-refractivity contribution >= 4 is 41.5 Å². The minimum atomic E-state index is -1.13. The van der Waals surface area contributed by atoms with Gasteiger partial charge in [0.25, 0.3) is 0 Å². The average molecular weight is 612 g/mol. The fourth-order valence-corrected chi connectivity index (χ4v) is 4.60. The van der Waals surface area contributed by atoms with Crippen molar-refractivity contribution in [3.8, 4) is 0 Å². The molecule has 5 atom stereocenters. The molecular weight excluding hydrogens is 562 g/mol. The normalized spacial score (nSPS) is 17.4. The van der Waals surface area contributed by atoms with Crippen LogP contribution in [0.4, 0.5) is 0 Å². The summed E-state index contributed by atoms with van der Waals surface area (Å²) in [6, 6.07) is -4.99. The molecule has 0 aromatic carbocycles. The highest BCUT2D eigenvalue weighted by atomic mass is 16.4. The predicted octanol–water partition coefficient (Wildman–Crippen LogP) is -2.05. The zero-order valence-corrected chi connectivity index (χ0v) is 25.7. The number of carboxylic acids is 1. The highest BCUT2D eigenvalue weighted by Gasteiger charge is 2.38. The van der Waals surface area contributed by atoms with Crippen molar-refractivity contribution in [2.75, 3.05) is 19.6 Å². The highest BCUT2D eigenvalue weighted by Crippen LogP contribution is 2.20. The Bertz CT molecular complexity index is 1020. The van der Waals surface area contributed by atoms with E-state index in [4.69, 9.17) is 16.9 Å². The number of nitrogens with two attached hydrogens (primary N) is 2. The van der Waals surface area contributed by atoms with Crippen molar-refractivity contribution in [1.82, 2.24) is 31.5 Å². The smallest absolute Gasteiger partial charge is 0.326 e. The molecule has 0 aliphatic carbocycles. The second-order valence-corrected chi connectivity index (χ2v) is 11.6. The molecule has 1 heterocycles. The number of amides is 5. The van der Waals surface area contributed by atoms with E-state index >= 15 is 0 Å². The summed E-state index contributed by atoms with van der Waals surface area (Å²) < 4.78 is 0. The van der Waals surface area contributed by atoms with Gasteiger partial charge in [-0.25, -0.2) is 4.79 Å². The first-order valence-electron chi connectivity index (χ1n) is 14.6. The molecule has 16 nitrogen and oxygen atoms in total. The molecule has 0 radical (unpaired) electrons. The number of aliphatic carboxylic acids is 1. The Kier molecular flexibility index (Phi) is 15.4. The number of hydrogen-bond donors (Lipinski definition) is 9. The van der Waals surface area contributed by atoms with Crippen LogP contribution in [0.5, 0.6) is 0 Å². The minimum Gasteiger partial charge on any atom is -0.480 e. The van der Waals surface area contributed by atoms with Crippen LogP contribution in [-0.4, -0.2) is 101 Å². The number of hydrogen-bond acceptors (Lipinski definition) is 8. The van der Waals surface area contributed by atoms with E-state index in [1.54, 1.807) is 13.8 Å². The zero-order valence-electron chi connectivity index (χ0n) is 25.7. The zero-order chi connectivity index (χ0) is 32.9. The van der Waals surface area contributed by atoms with Crippen molar-refractivity contribution in [3.05, 3.63) is 0 Å². The third kappa shape index (κ3) is 12.8. The van der Waals surface area contributed by atoms with Gasteiger partial charge in [0, 0.05) is 13.1 Å². The van der Waals surface area contributed by atoms with Crippen LogP contribution < -0.4 is 38.1 Å². The first-order valence-corrected chi connectivity index (χ1v) is 14.6. The van der Waals surface area contributed by atoms with E-state index in [-0.39, 0.29) is 44.4 Å². The summed E-state index contributed by atoms with van der Waals surface area (Å²) in [5, 5.41) is 29.8. The topological polar surface area (TPSA) is 262 Å². The molecule has 5 amide bonds. The van der Waals surface area contributed by atoms with Gasteiger partial charge in [0.1, 0.15) is 24.2 Å². The lowest BCUT2D eigenvalue weighted by Crippen LogP contribution is -2.59. The largest absolute Gasteiger partial charge is 0.480 e. The third-order valence-corrected chi connectivity index (χ3v) is 6.86. The summed E-state index contributed by atoms with van der Waals surface area (Å²) in [7, 11) is 0. The van der Waals surface area contributed by atoms with E-state index < -0.39 is 71.6 Å². The summed E-state index contributed by atoms with van der Waals surface area (Å²) in [6.45, 7) is 8.70. The summed E-state index contributed by atoms with van der Waals surface area (Å²) in [6.07, 6.45) is 1.53. The number of nitrogens with zero attached hydrogens (tertiary/aromatic N) is 1. The average Bonchev–Trinajstić information content (AvgIpc) is 3.40. The lowest BCUT2D eigenvalue weighted by Gasteiger charge is -2.30. The van der Waals surface area contributed by atoms with Crippen LogP contribution in [-0.2, 0) is 28.8 Å². The molecule has 0 aromatic heterocycles. The maximum absolute atomic E-state index is 13.5. The number of carboxylic acid groups (broad SMARTS) is 1. The molecule has 1 rings (SSSR count). The van der Waals surface area contributed by atoms with E-state index in [2.05, 4.69) is 26.6 Å². The van der Waals surface area contributed by atoms with Crippen molar-refractivity contribution in [2.45, 2.75) is 96.9 Å². The minimum absolute atomic E-state index is 0.00529. The molecule has 0 spiro atoms. The van der Waals surface area contributed by atoms with E-state index in [1.165, 1.54) is 11.8 Å². The fraction of sp³-hybridized carbons (Fsp3) is 0.741. The number of nitrogens with one attached hydrogen (secondary N) is 6. The molecule has 43 heavy (non-hydrogen) atoms. The molecule has 16 heteroatoms. The Morgan fingerprint density at radius 2 is 1.58 bits per heavy atom. The van der Waals surface area contributed by atoms with Gasteiger partial charge in [0.2, 0.25) is 29.5 Å². The predicted molar refractivity (Wildman–Crippen MR) is 158 cm³/mol. The number of guanidine groups is 1. The van der Waals surface area contributed by atoms with Gasteiger partial charge in [0.15, 0.2) is 5.96 Å². The van der Waals surface area contributed by atoms with E-state index in [0.29, 0.717) is 19.3 Å². The first-order chi connectivity index (χ1) is 20.0. The van der Waals surface area contributed by atoms with Gasteiger partial charge >= 0.3 is 5.97 Å². The van der Waals surface area contributed by atoms with Crippen molar-refractivity contribution in [3.63, 3.8) is 0 Å². The monoisotopic (exact) mass is 611 g/mol. The lowest BCUT2D eigenvalue weighted by molar-refractivity contribution is -0.149. The Morgan fingerprint density at radius 1 is 0.930 bits per heavy atom. The quantitative estimate of drug-likeness (QED) is 0.0493. The SMILES string of the molecule is CC(C)C[C@H](NC(=O)CNC(=O)[C@H](C)N)C(=O)N[C@H](C(=O)N[C@@H](CCCNC(=N)N)C(=O)N1CCC[C@H]1C(=O)O)C(C)C. The van der Waals surface area contributed by atoms with Gasteiger partial charge in [-0.05, 0) is 50.9 Å². The molecule has 0 saturated carbocycles. The standard InChI is InChI=1S/C27H49N9O7/c1-14(2)12-18(33-20(37)13-32-22(38)16(5)28)23(39)35-21(15(3)4)24(40)34-17(8-6-10-31-27(29)30)25(41)36-11-7-9-19(36)26(42)43/h14-19,21H,6-13,28H2,1-5H3,(H,32,38)(H,33,37)(H,34,40)(H,35,39)(H,42,43)(H4,29,30,31)/t16-,17-,18-,19-,21-/m0/s1. The van der Waals surface area contributed by atoms with E-state index in [0.717, 1.165) is 0 Å². The van der Waals surface area contributed by atoms with Crippen molar-refractivity contribution < 1.29 is 33.9 Å². The molecule has 0 bridgehead atoms. The Morgan fingerprint density at radius 3 is 2.12 bits per heavy atom. The second-order valence-electron chi connectivity index (χ2n) is 11.6. The number of carbonyl (C=O) groups is 6.